The van der Waals surface area contributed by atoms with Gasteiger partial charge in [0, 0.05) is 24.5 Å². The molecule has 0 atom stereocenters. The van der Waals surface area contributed by atoms with Crippen LogP contribution in [0.3, 0.4) is 0 Å². The van der Waals surface area contributed by atoms with Crippen molar-refractivity contribution in [2.45, 2.75) is 0 Å². The van der Waals surface area contributed by atoms with E-state index in [4.69, 9.17) is 10.5 Å². The van der Waals surface area contributed by atoms with Crippen LogP contribution < -0.4 is 10.5 Å². The van der Waals surface area contributed by atoms with Crippen LogP contribution in [0.1, 0.15) is 0 Å². The quantitative estimate of drug-likeness (QED) is 0.752. The second-order valence-electron chi connectivity index (χ2n) is 4.55. The zero-order chi connectivity index (χ0) is 14.5. The van der Waals surface area contributed by atoms with Gasteiger partial charge in [-0.3, -0.25) is 4.98 Å². The van der Waals surface area contributed by atoms with Crippen molar-refractivity contribution >= 4 is 0 Å². The van der Waals surface area contributed by atoms with E-state index in [2.05, 4.69) is 15.0 Å². The number of aromatic nitrogens is 3. The summed E-state index contributed by atoms with van der Waals surface area (Å²) in [5, 5.41) is 0. The second kappa shape index (κ2) is 6.19. The van der Waals surface area contributed by atoms with Crippen molar-refractivity contribution < 1.29 is 4.74 Å². The lowest BCUT2D eigenvalue weighted by atomic mass is 10.1. The number of rotatable bonds is 5. The van der Waals surface area contributed by atoms with E-state index in [1.165, 1.54) is 0 Å². The largest absolute Gasteiger partial charge is 0.492 e. The summed E-state index contributed by atoms with van der Waals surface area (Å²) < 4.78 is 5.46. The van der Waals surface area contributed by atoms with Crippen LogP contribution in [0.25, 0.3) is 22.6 Å². The highest BCUT2D eigenvalue weighted by Crippen LogP contribution is 2.23. The van der Waals surface area contributed by atoms with Crippen molar-refractivity contribution in [2.75, 3.05) is 13.2 Å². The monoisotopic (exact) mass is 280 g/mol. The lowest BCUT2D eigenvalue weighted by Crippen LogP contribution is -2.10. The van der Waals surface area contributed by atoms with Crippen LogP contribution in [-0.4, -0.2) is 28.1 Å². The number of aromatic amines is 1. The van der Waals surface area contributed by atoms with Crippen LogP contribution in [0.5, 0.6) is 5.75 Å². The fourth-order valence-corrected chi connectivity index (χ4v) is 2.02. The fraction of sp³-hybridized carbons (Fsp3) is 0.125. The summed E-state index contributed by atoms with van der Waals surface area (Å²) in [4.78, 5) is 11.8. The molecule has 0 amide bonds. The van der Waals surface area contributed by atoms with Crippen molar-refractivity contribution in [3.8, 4) is 28.4 Å². The van der Waals surface area contributed by atoms with Crippen LogP contribution in [0.4, 0.5) is 0 Å². The summed E-state index contributed by atoms with van der Waals surface area (Å²) in [5.41, 5.74) is 8.39. The lowest BCUT2D eigenvalue weighted by Gasteiger charge is -2.04. The first-order valence-corrected chi connectivity index (χ1v) is 6.75. The minimum absolute atomic E-state index is 0.511. The van der Waals surface area contributed by atoms with Crippen molar-refractivity contribution in [3.63, 3.8) is 0 Å². The van der Waals surface area contributed by atoms with E-state index in [1.807, 2.05) is 42.6 Å². The van der Waals surface area contributed by atoms with Crippen molar-refractivity contribution in [3.05, 3.63) is 55.0 Å². The standard InChI is InChI=1S/C16H16N4O/c17-7-9-21-14-5-3-12(4-6-14)15-11-19-16(20-15)13-2-1-8-18-10-13/h1-6,8,10-11H,7,9,17H2,(H,19,20). The number of hydrogen-bond acceptors (Lipinski definition) is 4. The Balaban J connectivity index is 1.80. The van der Waals surface area contributed by atoms with E-state index in [1.54, 1.807) is 12.4 Å². The number of H-pyrrole nitrogens is 1. The third-order valence-electron chi connectivity index (χ3n) is 3.06. The average molecular weight is 280 g/mol. The van der Waals surface area contributed by atoms with Gasteiger partial charge in [-0.05, 0) is 42.0 Å². The van der Waals surface area contributed by atoms with Crippen LogP contribution >= 0.6 is 0 Å². The molecule has 3 rings (SSSR count). The van der Waals surface area contributed by atoms with E-state index in [9.17, 15) is 0 Å². The molecule has 5 nitrogen and oxygen atoms in total. The molecule has 0 aliphatic heterocycles. The first-order chi connectivity index (χ1) is 10.4. The molecule has 0 spiro atoms. The number of nitrogens with two attached hydrogens (primary N) is 1. The Morgan fingerprint density at radius 2 is 1.90 bits per heavy atom. The average Bonchev–Trinajstić information content (AvgIpc) is 3.04. The number of hydrogen-bond donors (Lipinski definition) is 2. The molecule has 0 bridgehead atoms. The number of benzene rings is 1. The van der Waals surface area contributed by atoms with Crippen LogP contribution in [0, 0.1) is 0 Å². The van der Waals surface area contributed by atoms with Gasteiger partial charge in [0.1, 0.15) is 18.2 Å². The molecule has 0 saturated carbocycles. The highest BCUT2D eigenvalue weighted by molar-refractivity contribution is 5.64. The van der Waals surface area contributed by atoms with Gasteiger partial charge in [-0.1, -0.05) is 0 Å². The zero-order valence-corrected chi connectivity index (χ0v) is 11.5. The Kier molecular flexibility index (Phi) is 3.93. The molecular weight excluding hydrogens is 264 g/mol. The van der Waals surface area contributed by atoms with E-state index in [0.717, 1.165) is 28.4 Å². The fourth-order valence-electron chi connectivity index (χ4n) is 2.02. The maximum Gasteiger partial charge on any atom is 0.139 e. The first-order valence-electron chi connectivity index (χ1n) is 6.75. The SMILES string of the molecule is NCCOc1ccc(-c2cnc(-c3cccnc3)[nH]2)cc1. The summed E-state index contributed by atoms with van der Waals surface area (Å²) in [6.07, 6.45) is 5.35. The second-order valence-corrected chi connectivity index (χ2v) is 4.55. The molecule has 0 fully saturated rings. The van der Waals surface area contributed by atoms with Crippen molar-refractivity contribution in [1.82, 2.24) is 15.0 Å². The summed E-state index contributed by atoms with van der Waals surface area (Å²) in [6, 6.07) is 11.7. The van der Waals surface area contributed by atoms with Gasteiger partial charge in [0.05, 0.1) is 11.9 Å². The predicted octanol–water partition coefficient (Wildman–Crippen LogP) is 2.48. The van der Waals surface area contributed by atoms with Gasteiger partial charge >= 0.3 is 0 Å². The molecular formula is C16H16N4O. The molecule has 3 aromatic rings. The Bertz CT molecular complexity index is 692. The molecule has 0 radical (unpaired) electrons. The molecule has 5 heteroatoms. The molecule has 2 heterocycles. The van der Waals surface area contributed by atoms with Crippen LogP contribution in [0.15, 0.2) is 55.0 Å². The molecule has 106 valence electrons. The Hall–Kier alpha value is -2.66. The number of nitrogens with zero attached hydrogens (tertiary/aromatic N) is 2. The predicted molar refractivity (Wildman–Crippen MR) is 81.8 cm³/mol. The van der Waals surface area contributed by atoms with Crippen molar-refractivity contribution in [1.29, 1.82) is 0 Å². The van der Waals surface area contributed by atoms with Gasteiger partial charge in [0.15, 0.2) is 0 Å². The van der Waals surface area contributed by atoms with E-state index < -0.39 is 0 Å². The molecule has 0 unspecified atom stereocenters. The molecule has 2 aromatic heterocycles. The maximum atomic E-state index is 5.46. The van der Waals surface area contributed by atoms with Crippen molar-refractivity contribution in [2.24, 2.45) is 5.73 Å². The van der Waals surface area contributed by atoms with Gasteiger partial charge in [-0.15, -0.1) is 0 Å². The number of nitrogens with one attached hydrogen (secondary N) is 1. The summed E-state index contributed by atoms with van der Waals surface area (Å²) >= 11 is 0. The number of pyridine rings is 1. The lowest BCUT2D eigenvalue weighted by molar-refractivity contribution is 0.328. The first kappa shape index (κ1) is 13.3. The van der Waals surface area contributed by atoms with Gasteiger partial charge in [0.25, 0.3) is 0 Å². The third kappa shape index (κ3) is 3.09. The molecule has 21 heavy (non-hydrogen) atoms. The summed E-state index contributed by atoms with van der Waals surface area (Å²) in [7, 11) is 0. The van der Waals surface area contributed by atoms with Crippen LogP contribution in [0.2, 0.25) is 0 Å². The molecule has 1 aromatic carbocycles. The number of imidazole rings is 1. The third-order valence-corrected chi connectivity index (χ3v) is 3.06. The van der Waals surface area contributed by atoms with E-state index in [0.29, 0.717) is 13.2 Å². The molecule has 0 aliphatic rings. The van der Waals surface area contributed by atoms with E-state index in [-0.39, 0.29) is 0 Å². The van der Waals surface area contributed by atoms with E-state index >= 15 is 0 Å². The van der Waals surface area contributed by atoms with Gasteiger partial charge in [-0.2, -0.15) is 0 Å². The Morgan fingerprint density at radius 1 is 1.05 bits per heavy atom. The highest BCUT2D eigenvalue weighted by atomic mass is 16.5. The topological polar surface area (TPSA) is 76.8 Å². The molecule has 3 N–H and O–H groups in total. The Labute approximate surface area is 122 Å². The maximum absolute atomic E-state index is 5.46. The zero-order valence-electron chi connectivity index (χ0n) is 11.5. The molecule has 0 saturated heterocycles. The van der Waals surface area contributed by atoms with Crippen LogP contribution in [-0.2, 0) is 0 Å². The highest BCUT2D eigenvalue weighted by Gasteiger charge is 2.05. The molecule has 0 aliphatic carbocycles. The normalized spacial score (nSPS) is 10.5. The minimum atomic E-state index is 0.511. The van der Waals surface area contributed by atoms with Gasteiger partial charge in [-0.25, -0.2) is 4.98 Å². The Morgan fingerprint density at radius 3 is 2.62 bits per heavy atom. The summed E-state index contributed by atoms with van der Waals surface area (Å²) in [6.45, 7) is 1.03. The van der Waals surface area contributed by atoms with Gasteiger partial charge in [0.2, 0.25) is 0 Å². The summed E-state index contributed by atoms with van der Waals surface area (Å²) in [5.74, 6) is 1.62. The van der Waals surface area contributed by atoms with Gasteiger partial charge < -0.3 is 15.5 Å². The minimum Gasteiger partial charge on any atom is -0.492 e. The number of ether oxygens (including phenoxy) is 1. The smallest absolute Gasteiger partial charge is 0.139 e.